The van der Waals surface area contributed by atoms with E-state index in [1.165, 1.54) is 0 Å². The number of nitrogens with one attached hydrogen (secondary N) is 1. The molecule has 11 heavy (non-hydrogen) atoms. The maximum Gasteiger partial charge on any atom is 0.145 e. The predicted molar refractivity (Wildman–Crippen MR) is 45.2 cm³/mol. The van der Waals surface area contributed by atoms with Crippen molar-refractivity contribution in [3.05, 3.63) is 24.3 Å². The molecule has 0 amide bonds. The molecule has 1 aliphatic rings. The summed E-state index contributed by atoms with van der Waals surface area (Å²) in [7, 11) is 0. The number of hydrogen-bond donors (Lipinski definition) is 1. The van der Waals surface area contributed by atoms with Crippen LogP contribution in [-0.2, 0) is 0 Å². The molecule has 1 aromatic heterocycles. The van der Waals surface area contributed by atoms with Crippen LogP contribution in [0.25, 0.3) is 0 Å². The van der Waals surface area contributed by atoms with Gasteiger partial charge in [0.25, 0.3) is 0 Å². The van der Waals surface area contributed by atoms with Gasteiger partial charge in [-0.05, 0) is 6.07 Å². The van der Waals surface area contributed by atoms with E-state index >= 15 is 0 Å². The molecule has 1 N–H and O–H groups in total. The van der Waals surface area contributed by atoms with Crippen molar-refractivity contribution < 1.29 is 0 Å². The Morgan fingerprint density at radius 2 is 2.27 bits per heavy atom. The van der Waals surface area contributed by atoms with Crippen LogP contribution in [0.4, 0.5) is 0 Å². The zero-order valence-corrected chi connectivity index (χ0v) is 6.84. The number of rotatable bonds is 1. The van der Waals surface area contributed by atoms with E-state index in [9.17, 15) is 0 Å². The van der Waals surface area contributed by atoms with Gasteiger partial charge in [0.1, 0.15) is 5.82 Å². The number of nitrogens with zero attached hydrogens (tertiary/aromatic N) is 2. The first kappa shape index (κ1) is 7.06. The monoisotopic (exact) mass is 167 g/mol. The highest BCUT2D eigenvalue weighted by molar-refractivity contribution is 7.99. The summed E-state index contributed by atoms with van der Waals surface area (Å²) in [5.74, 6) is 3.02. The smallest absolute Gasteiger partial charge is 0.145 e. The van der Waals surface area contributed by atoms with Crippen molar-refractivity contribution in [1.29, 1.82) is 0 Å². The lowest BCUT2D eigenvalue weighted by molar-refractivity contribution is 0.632. The molecule has 1 fully saturated rings. The Hall–Kier alpha value is -0.610. The number of hydrogen-bond acceptors (Lipinski definition) is 4. The fourth-order valence-corrected chi connectivity index (χ4v) is 1.99. The average Bonchev–Trinajstić information content (AvgIpc) is 2.58. The molecule has 58 valence electrons. The number of thioether (sulfide) groups is 1. The molecule has 0 radical (unpaired) electrons. The van der Waals surface area contributed by atoms with E-state index in [0.717, 1.165) is 17.5 Å². The standard InChI is InChI=1S/C7H9N3S/c1-2-8-7(9-3-1)6-4-11-5-10-6/h1-3,6,10H,4-5H2/t6-/m0/s1. The summed E-state index contributed by atoms with van der Waals surface area (Å²) < 4.78 is 0. The normalized spacial score (nSPS) is 23.8. The third-order valence-corrected chi connectivity index (χ3v) is 2.55. The lowest BCUT2D eigenvalue weighted by atomic mass is 10.3. The Morgan fingerprint density at radius 1 is 1.45 bits per heavy atom. The quantitative estimate of drug-likeness (QED) is 0.671. The Bertz CT molecular complexity index is 220. The van der Waals surface area contributed by atoms with Gasteiger partial charge in [-0.2, -0.15) is 0 Å². The van der Waals surface area contributed by atoms with Gasteiger partial charge in [0.15, 0.2) is 0 Å². The third-order valence-electron chi connectivity index (χ3n) is 1.61. The van der Waals surface area contributed by atoms with Crippen molar-refractivity contribution in [1.82, 2.24) is 15.3 Å². The zero-order valence-electron chi connectivity index (χ0n) is 6.03. The summed E-state index contributed by atoms with van der Waals surface area (Å²) in [4.78, 5) is 8.35. The van der Waals surface area contributed by atoms with Crippen LogP contribution in [0.15, 0.2) is 18.5 Å². The van der Waals surface area contributed by atoms with E-state index in [2.05, 4.69) is 15.3 Å². The van der Waals surface area contributed by atoms with Crippen molar-refractivity contribution >= 4 is 11.8 Å². The Morgan fingerprint density at radius 3 is 2.91 bits per heavy atom. The second-order valence-electron chi connectivity index (χ2n) is 2.38. The lowest BCUT2D eigenvalue weighted by Crippen LogP contribution is -2.17. The van der Waals surface area contributed by atoms with Crippen LogP contribution < -0.4 is 5.32 Å². The molecule has 0 saturated carbocycles. The van der Waals surface area contributed by atoms with E-state index in [0.29, 0.717) is 6.04 Å². The first-order valence-corrected chi connectivity index (χ1v) is 4.70. The van der Waals surface area contributed by atoms with Crippen LogP contribution in [0.3, 0.4) is 0 Å². The molecular weight excluding hydrogens is 158 g/mol. The summed E-state index contributed by atoms with van der Waals surface area (Å²) in [6, 6.07) is 2.20. The molecule has 2 heterocycles. The summed E-state index contributed by atoms with van der Waals surface area (Å²) in [5, 5.41) is 3.31. The van der Waals surface area contributed by atoms with E-state index < -0.39 is 0 Å². The van der Waals surface area contributed by atoms with Crippen LogP contribution in [0.5, 0.6) is 0 Å². The van der Waals surface area contributed by atoms with Crippen LogP contribution in [0.2, 0.25) is 0 Å². The molecule has 0 bridgehead atoms. The van der Waals surface area contributed by atoms with E-state index in [1.807, 2.05) is 17.8 Å². The maximum absolute atomic E-state index is 4.17. The van der Waals surface area contributed by atoms with Gasteiger partial charge < -0.3 is 0 Å². The van der Waals surface area contributed by atoms with Crippen LogP contribution >= 0.6 is 11.8 Å². The van der Waals surface area contributed by atoms with Gasteiger partial charge in [0.2, 0.25) is 0 Å². The second kappa shape index (κ2) is 3.19. The van der Waals surface area contributed by atoms with Gasteiger partial charge in [-0.25, -0.2) is 9.97 Å². The summed E-state index contributed by atoms with van der Waals surface area (Å²) in [6.45, 7) is 0. The van der Waals surface area contributed by atoms with Crippen LogP contribution in [0, 0.1) is 0 Å². The number of aromatic nitrogens is 2. The van der Waals surface area contributed by atoms with Crippen molar-refractivity contribution in [2.75, 3.05) is 11.6 Å². The third kappa shape index (κ3) is 1.52. The minimum atomic E-state index is 0.362. The van der Waals surface area contributed by atoms with E-state index in [-0.39, 0.29) is 0 Å². The van der Waals surface area contributed by atoms with Gasteiger partial charge in [0, 0.05) is 24.0 Å². The van der Waals surface area contributed by atoms with Gasteiger partial charge >= 0.3 is 0 Å². The van der Waals surface area contributed by atoms with Crippen LogP contribution in [-0.4, -0.2) is 21.6 Å². The highest BCUT2D eigenvalue weighted by atomic mass is 32.2. The topological polar surface area (TPSA) is 37.8 Å². The predicted octanol–water partition coefficient (Wildman–Crippen LogP) is 0.812. The Kier molecular flexibility index (Phi) is 2.05. The molecule has 3 nitrogen and oxygen atoms in total. The fraction of sp³-hybridized carbons (Fsp3) is 0.429. The molecular formula is C7H9N3S. The minimum Gasteiger partial charge on any atom is -0.298 e. The van der Waals surface area contributed by atoms with Crippen LogP contribution in [0.1, 0.15) is 11.9 Å². The highest BCUT2D eigenvalue weighted by Gasteiger charge is 2.17. The molecule has 2 rings (SSSR count). The molecule has 1 atom stereocenters. The van der Waals surface area contributed by atoms with Gasteiger partial charge in [-0.15, -0.1) is 11.8 Å². The second-order valence-corrected chi connectivity index (χ2v) is 3.41. The molecule has 1 saturated heterocycles. The summed E-state index contributed by atoms with van der Waals surface area (Å²) in [6.07, 6.45) is 3.57. The minimum absolute atomic E-state index is 0.362. The zero-order chi connectivity index (χ0) is 7.52. The van der Waals surface area contributed by atoms with Crippen molar-refractivity contribution in [2.24, 2.45) is 0 Å². The molecule has 1 aliphatic heterocycles. The van der Waals surface area contributed by atoms with Gasteiger partial charge in [-0.3, -0.25) is 5.32 Å². The summed E-state index contributed by atoms with van der Waals surface area (Å²) in [5.41, 5.74) is 0. The highest BCUT2D eigenvalue weighted by Crippen LogP contribution is 2.20. The van der Waals surface area contributed by atoms with Crippen molar-refractivity contribution in [3.63, 3.8) is 0 Å². The first-order chi connectivity index (χ1) is 5.47. The Labute approximate surface area is 69.6 Å². The maximum atomic E-state index is 4.17. The fourth-order valence-electron chi connectivity index (χ4n) is 1.05. The summed E-state index contributed by atoms with van der Waals surface area (Å²) >= 11 is 1.89. The average molecular weight is 167 g/mol. The first-order valence-electron chi connectivity index (χ1n) is 3.55. The lowest BCUT2D eigenvalue weighted by Gasteiger charge is -2.05. The van der Waals surface area contributed by atoms with Crippen molar-refractivity contribution in [2.45, 2.75) is 6.04 Å². The molecule has 0 aromatic carbocycles. The van der Waals surface area contributed by atoms with E-state index in [1.54, 1.807) is 12.4 Å². The van der Waals surface area contributed by atoms with E-state index in [4.69, 9.17) is 0 Å². The largest absolute Gasteiger partial charge is 0.298 e. The molecule has 0 unspecified atom stereocenters. The van der Waals surface area contributed by atoms with Crippen molar-refractivity contribution in [3.8, 4) is 0 Å². The molecule has 0 aliphatic carbocycles. The molecule has 0 spiro atoms. The molecule has 4 heteroatoms. The SMILES string of the molecule is c1cnc([C@@H]2CSCN2)nc1. The molecule has 1 aromatic rings. The van der Waals surface area contributed by atoms with Gasteiger partial charge in [-0.1, -0.05) is 0 Å². The Balaban J connectivity index is 2.16. The van der Waals surface area contributed by atoms with Gasteiger partial charge in [0.05, 0.1) is 6.04 Å².